The molecule has 0 aliphatic heterocycles. The van der Waals surface area contributed by atoms with Crippen LogP contribution in [0.25, 0.3) is 0 Å². The third-order valence-corrected chi connectivity index (χ3v) is 5.78. The molecule has 1 aliphatic rings. The highest BCUT2D eigenvalue weighted by Gasteiger charge is 2.41. The quantitative estimate of drug-likeness (QED) is 0.786. The second-order valence-electron chi connectivity index (χ2n) is 5.22. The molecule has 0 unspecified atom stereocenters. The van der Waals surface area contributed by atoms with Crippen LogP contribution in [0.15, 0.2) is 29.2 Å². The van der Waals surface area contributed by atoms with Gasteiger partial charge in [-0.2, -0.15) is 0 Å². The molecule has 106 valence electrons. The number of hydrogen-bond donors (Lipinski definition) is 1. The van der Waals surface area contributed by atoms with Crippen molar-refractivity contribution in [1.29, 1.82) is 0 Å². The van der Waals surface area contributed by atoms with E-state index in [0.29, 0.717) is 16.2 Å². The lowest BCUT2D eigenvalue weighted by molar-refractivity contribution is 0.525. The predicted octanol–water partition coefficient (Wildman–Crippen LogP) is 3.30. The molecule has 0 saturated heterocycles. The van der Waals surface area contributed by atoms with Crippen molar-refractivity contribution in [3.05, 3.63) is 24.3 Å². The maximum Gasteiger partial charge on any atom is 0.178 e. The highest BCUT2D eigenvalue weighted by atomic mass is 35.5. The van der Waals surface area contributed by atoms with Crippen LogP contribution in [-0.2, 0) is 9.84 Å². The molecule has 1 aromatic rings. The summed E-state index contributed by atoms with van der Waals surface area (Å²) >= 11 is 5.80. The van der Waals surface area contributed by atoms with Crippen LogP contribution in [0.3, 0.4) is 0 Å². The Morgan fingerprint density at radius 1 is 1.26 bits per heavy atom. The molecule has 0 amide bonds. The second kappa shape index (κ2) is 5.71. The molecule has 1 N–H and O–H groups in total. The molecule has 0 spiro atoms. The van der Waals surface area contributed by atoms with E-state index in [0.717, 1.165) is 18.7 Å². The normalized spacial score (nSPS) is 17.2. The van der Waals surface area contributed by atoms with Crippen molar-refractivity contribution in [1.82, 2.24) is 0 Å². The summed E-state index contributed by atoms with van der Waals surface area (Å²) in [6.45, 7) is 2.57. The Hall–Kier alpha value is -0.740. The summed E-state index contributed by atoms with van der Waals surface area (Å²) in [5.74, 6) is 0.841. The first kappa shape index (κ1) is 14.7. The van der Waals surface area contributed by atoms with Crippen molar-refractivity contribution in [2.45, 2.75) is 31.1 Å². The van der Waals surface area contributed by atoms with E-state index in [9.17, 15) is 8.42 Å². The van der Waals surface area contributed by atoms with E-state index in [1.807, 2.05) is 12.1 Å². The second-order valence-corrected chi connectivity index (χ2v) is 7.88. The largest absolute Gasteiger partial charge is 0.384 e. The van der Waals surface area contributed by atoms with Crippen molar-refractivity contribution in [2.24, 2.45) is 5.41 Å². The van der Waals surface area contributed by atoms with Crippen LogP contribution in [0.4, 0.5) is 5.69 Å². The van der Waals surface area contributed by atoms with Gasteiger partial charge in [0.25, 0.3) is 0 Å². The molecule has 1 fully saturated rings. The van der Waals surface area contributed by atoms with Crippen LogP contribution in [0.1, 0.15) is 26.2 Å². The van der Waals surface area contributed by atoms with Gasteiger partial charge in [-0.1, -0.05) is 6.92 Å². The third-order valence-electron chi connectivity index (χ3n) is 3.84. The SMILES string of the molecule is CCS(=O)(=O)c1ccc(NCC2(CCCl)CC2)cc1. The molecule has 1 saturated carbocycles. The minimum absolute atomic E-state index is 0.138. The number of halogens is 1. The summed E-state index contributed by atoms with van der Waals surface area (Å²) in [4.78, 5) is 0.391. The number of rotatable bonds is 7. The number of alkyl halides is 1. The van der Waals surface area contributed by atoms with Crippen molar-refractivity contribution < 1.29 is 8.42 Å². The molecule has 0 bridgehead atoms. The Labute approximate surface area is 120 Å². The number of anilines is 1. The molecule has 2 rings (SSSR count). The average Bonchev–Trinajstić information content (AvgIpc) is 3.18. The van der Waals surface area contributed by atoms with Crippen LogP contribution in [-0.4, -0.2) is 26.6 Å². The molecule has 19 heavy (non-hydrogen) atoms. The Balaban J connectivity index is 1.96. The highest BCUT2D eigenvalue weighted by Crippen LogP contribution is 2.48. The van der Waals surface area contributed by atoms with Gasteiger partial charge in [-0.05, 0) is 48.9 Å². The fourth-order valence-corrected chi connectivity index (χ4v) is 3.41. The number of benzene rings is 1. The van der Waals surface area contributed by atoms with Crippen LogP contribution in [0.2, 0.25) is 0 Å². The highest BCUT2D eigenvalue weighted by molar-refractivity contribution is 7.91. The molecule has 0 atom stereocenters. The van der Waals surface area contributed by atoms with Crippen molar-refractivity contribution in [3.63, 3.8) is 0 Å². The van der Waals surface area contributed by atoms with Crippen LogP contribution in [0.5, 0.6) is 0 Å². The third kappa shape index (κ3) is 3.63. The number of nitrogens with one attached hydrogen (secondary N) is 1. The van der Waals surface area contributed by atoms with Gasteiger partial charge >= 0.3 is 0 Å². The van der Waals surface area contributed by atoms with E-state index in [1.54, 1.807) is 19.1 Å². The summed E-state index contributed by atoms with van der Waals surface area (Å²) < 4.78 is 23.4. The Kier molecular flexibility index (Phi) is 4.41. The molecular weight excluding hydrogens is 282 g/mol. The fraction of sp³-hybridized carbons (Fsp3) is 0.571. The van der Waals surface area contributed by atoms with E-state index >= 15 is 0 Å². The molecule has 5 heteroatoms. The summed E-state index contributed by atoms with van der Waals surface area (Å²) in [6, 6.07) is 7.00. The van der Waals surface area contributed by atoms with Gasteiger partial charge in [0.2, 0.25) is 0 Å². The van der Waals surface area contributed by atoms with Gasteiger partial charge in [0, 0.05) is 18.1 Å². The Bertz CT molecular complexity index is 521. The summed E-state index contributed by atoms with van der Waals surface area (Å²) in [7, 11) is -3.10. The smallest absolute Gasteiger partial charge is 0.178 e. The molecule has 0 aromatic heterocycles. The lowest BCUT2D eigenvalue weighted by Gasteiger charge is -2.15. The zero-order valence-corrected chi connectivity index (χ0v) is 12.7. The van der Waals surface area contributed by atoms with Crippen molar-refractivity contribution in [3.8, 4) is 0 Å². The van der Waals surface area contributed by atoms with E-state index in [4.69, 9.17) is 11.6 Å². The zero-order chi connectivity index (χ0) is 13.9. The molecule has 0 heterocycles. The van der Waals surface area contributed by atoms with Gasteiger partial charge in [-0.15, -0.1) is 11.6 Å². The lowest BCUT2D eigenvalue weighted by Crippen LogP contribution is -2.16. The van der Waals surface area contributed by atoms with Crippen LogP contribution >= 0.6 is 11.6 Å². The Morgan fingerprint density at radius 3 is 2.37 bits per heavy atom. The maximum absolute atomic E-state index is 11.7. The van der Waals surface area contributed by atoms with Crippen molar-refractivity contribution in [2.75, 3.05) is 23.5 Å². The van der Waals surface area contributed by atoms with Gasteiger partial charge in [0.15, 0.2) is 9.84 Å². The van der Waals surface area contributed by atoms with Crippen molar-refractivity contribution >= 4 is 27.1 Å². The van der Waals surface area contributed by atoms with Crippen LogP contribution < -0.4 is 5.32 Å². The van der Waals surface area contributed by atoms with Gasteiger partial charge < -0.3 is 5.32 Å². The Morgan fingerprint density at radius 2 is 1.89 bits per heavy atom. The number of sulfone groups is 1. The van der Waals surface area contributed by atoms with E-state index in [-0.39, 0.29) is 5.75 Å². The molecule has 1 aliphatic carbocycles. The van der Waals surface area contributed by atoms with Crippen LogP contribution in [0, 0.1) is 5.41 Å². The first-order chi connectivity index (χ1) is 9.01. The molecular formula is C14H20ClNO2S. The average molecular weight is 302 g/mol. The van der Waals surface area contributed by atoms with Gasteiger partial charge in [0.05, 0.1) is 10.6 Å². The summed E-state index contributed by atoms with van der Waals surface area (Å²) in [5.41, 5.74) is 1.34. The minimum atomic E-state index is -3.10. The maximum atomic E-state index is 11.7. The first-order valence-corrected chi connectivity index (χ1v) is 8.83. The zero-order valence-electron chi connectivity index (χ0n) is 11.2. The topological polar surface area (TPSA) is 46.2 Å². The molecule has 3 nitrogen and oxygen atoms in total. The summed E-state index contributed by atoms with van der Waals surface area (Å²) in [5, 5.41) is 3.38. The lowest BCUT2D eigenvalue weighted by atomic mass is 10.0. The predicted molar refractivity (Wildman–Crippen MR) is 79.7 cm³/mol. The monoisotopic (exact) mass is 301 g/mol. The molecule has 1 aromatic carbocycles. The van der Waals surface area contributed by atoms with E-state index in [2.05, 4.69) is 5.32 Å². The van der Waals surface area contributed by atoms with Gasteiger partial charge in [0.1, 0.15) is 0 Å². The van der Waals surface area contributed by atoms with E-state index < -0.39 is 9.84 Å². The standard InChI is InChI=1S/C14H20ClNO2S/c1-2-19(17,18)13-5-3-12(4-6-13)16-11-14(7-8-14)9-10-15/h3-6,16H,2,7-11H2,1H3. The first-order valence-electron chi connectivity index (χ1n) is 6.64. The molecule has 0 radical (unpaired) electrons. The van der Waals surface area contributed by atoms with E-state index in [1.165, 1.54) is 12.8 Å². The fourth-order valence-electron chi connectivity index (χ4n) is 2.13. The summed E-state index contributed by atoms with van der Waals surface area (Å²) in [6.07, 6.45) is 3.51. The van der Waals surface area contributed by atoms with Gasteiger partial charge in [-0.25, -0.2) is 8.42 Å². The van der Waals surface area contributed by atoms with Gasteiger partial charge in [-0.3, -0.25) is 0 Å². The minimum Gasteiger partial charge on any atom is -0.384 e. The number of hydrogen-bond acceptors (Lipinski definition) is 3.